The average Bonchev–Trinajstić information content (AvgIpc) is 2.80. The number of rotatable bonds is 5. The van der Waals surface area contributed by atoms with Gasteiger partial charge < -0.3 is 21.3 Å². The van der Waals surface area contributed by atoms with Gasteiger partial charge in [0.1, 0.15) is 17.2 Å². The topological polar surface area (TPSA) is 149 Å². The number of fused-ring (bicyclic) bond motifs is 1. The highest BCUT2D eigenvalue weighted by Crippen LogP contribution is 2.20. The van der Waals surface area contributed by atoms with E-state index in [1.807, 2.05) is 45.9 Å². The molecule has 3 aromatic rings. The zero-order valence-corrected chi connectivity index (χ0v) is 20.0. The molecule has 1 heterocycles. The Bertz CT molecular complexity index is 1250. The van der Waals surface area contributed by atoms with E-state index in [1.165, 1.54) is 0 Å². The van der Waals surface area contributed by atoms with Crippen molar-refractivity contribution in [2.24, 2.45) is 21.5 Å². The molecule has 2 aromatic carbocycles. The van der Waals surface area contributed by atoms with Gasteiger partial charge in [-0.15, -0.1) is 0 Å². The average molecular weight is 463 g/mol. The normalized spacial score (nSPS) is 12.5. The number of esters is 1. The highest BCUT2D eigenvalue weighted by Gasteiger charge is 2.22. The van der Waals surface area contributed by atoms with Crippen molar-refractivity contribution in [2.45, 2.75) is 34.6 Å². The van der Waals surface area contributed by atoms with Crippen molar-refractivity contribution in [3.8, 4) is 0 Å². The quantitative estimate of drug-likeness (QED) is 0.170. The molecule has 0 atom stereocenters. The van der Waals surface area contributed by atoms with E-state index in [1.54, 1.807) is 37.3 Å². The molecule has 0 amide bonds. The molecule has 3 rings (SSSR count). The fraction of sp³-hybridized carbons (Fsp3) is 0.240. The second-order valence-corrected chi connectivity index (χ2v) is 6.91. The zero-order valence-electron chi connectivity index (χ0n) is 20.0. The number of amidine groups is 1. The molecule has 0 aliphatic rings. The third-order valence-electron chi connectivity index (χ3n) is 4.50. The molecule has 5 N–H and O–H groups in total. The fourth-order valence-corrected chi connectivity index (χ4v) is 3.01. The van der Waals surface area contributed by atoms with Crippen LogP contribution in [0.15, 0.2) is 64.1 Å². The lowest BCUT2D eigenvalue weighted by molar-refractivity contribution is -0.137. The number of carbonyl (C=O) groups is 1. The van der Waals surface area contributed by atoms with Gasteiger partial charge >= 0.3 is 5.97 Å². The maximum atomic E-state index is 12.5. The lowest BCUT2D eigenvalue weighted by atomic mass is 10.1. The molecule has 1 aromatic heterocycles. The van der Waals surface area contributed by atoms with Crippen LogP contribution in [-0.2, 0) is 9.53 Å². The first kappa shape index (κ1) is 26.0. The summed E-state index contributed by atoms with van der Waals surface area (Å²) in [5.74, 6) is -1.75. The van der Waals surface area contributed by atoms with Gasteiger partial charge in [0.15, 0.2) is 0 Å². The predicted octanol–water partition coefficient (Wildman–Crippen LogP) is 4.11. The summed E-state index contributed by atoms with van der Waals surface area (Å²) in [6, 6.07) is 14.3. The number of aromatic nitrogens is 2. The molecule has 34 heavy (non-hydrogen) atoms. The van der Waals surface area contributed by atoms with E-state index in [0.717, 1.165) is 22.2 Å². The summed E-state index contributed by atoms with van der Waals surface area (Å²) >= 11 is 0. The number of nitrogens with two attached hydrogens (primary N) is 2. The lowest BCUT2D eigenvalue weighted by Gasteiger charge is -2.10. The first-order chi connectivity index (χ1) is 16.3. The Kier molecular flexibility index (Phi) is 9.25. The summed E-state index contributed by atoms with van der Waals surface area (Å²) in [5.41, 5.74) is 14.5. The van der Waals surface area contributed by atoms with Gasteiger partial charge in [-0.1, -0.05) is 56.3 Å². The monoisotopic (exact) mass is 462 g/mol. The number of aliphatic hydroxyl groups is 1. The van der Waals surface area contributed by atoms with Gasteiger partial charge in [-0.25, -0.2) is 14.8 Å². The van der Waals surface area contributed by atoms with Gasteiger partial charge in [-0.05, 0) is 32.4 Å². The maximum Gasteiger partial charge on any atom is 0.345 e. The molecule has 0 saturated heterocycles. The molecule has 0 spiro atoms. The Morgan fingerprint density at radius 1 is 1.06 bits per heavy atom. The van der Waals surface area contributed by atoms with Crippen LogP contribution in [-0.4, -0.2) is 39.4 Å². The van der Waals surface area contributed by atoms with E-state index < -0.39 is 5.97 Å². The molecule has 0 unspecified atom stereocenters. The van der Waals surface area contributed by atoms with Crippen LogP contribution in [0.3, 0.4) is 0 Å². The van der Waals surface area contributed by atoms with Crippen LogP contribution in [0.4, 0.5) is 5.95 Å². The zero-order chi connectivity index (χ0) is 25.3. The smallest absolute Gasteiger partial charge is 0.345 e. The summed E-state index contributed by atoms with van der Waals surface area (Å²) in [5, 5.41) is 11.5. The standard InChI is InChI=1S/C23H24N6O3.C2H6/c1-4-32-21(31)18(19(30)15-8-6-5-7-9-15)20(24)28-22(25)29-23-26-14(3)16-11-10-13(2)12-17(16)27-23;1-2/h5-12,30H,4H2,1-3H3,(H4,24,25,26,27,28,29);1-2H3/b19-18-;. The van der Waals surface area contributed by atoms with E-state index in [0.29, 0.717) is 5.56 Å². The van der Waals surface area contributed by atoms with Crippen LogP contribution in [0.2, 0.25) is 0 Å². The minimum absolute atomic E-state index is 0.0882. The van der Waals surface area contributed by atoms with Crippen molar-refractivity contribution in [3.63, 3.8) is 0 Å². The molecular weight excluding hydrogens is 432 g/mol. The fourth-order valence-electron chi connectivity index (χ4n) is 3.01. The van der Waals surface area contributed by atoms with Gasteiger partial charge in [0.25, 0.3) is 5.95 Å². The van der Waals surface area contributed by atoms with Crippen LogP contribution in [0.25, 0.3) is 16.7 Å². The van der Waals surface area contributed by atoms with Crippen molar-refractivity contribution in [2.75, 3.05) is 6.61 Å². The van der Waals surface area contributed by atoms with Crippen LogP contribution in [0.5, 0.6) is 0 Å². The molecular formula is C25H30N6O3. The van der Waals surface area contributed by atoms with Crippen molar-refractivity contribution in [1.82, 2.24) is 9.97 Å². The minimum atomic E-state index is -0.837. The predicted molar refractivity (Wildman–Crippen MR) is 136 cm³/mol. The Morgan fingerprint density at radius 3 is 2.38 bits per heavy atom. The number of ether oxygens (including phenoxy) is 1. The third kappa shape index (κ3) is 6.38. The summed E-state index contributed by atoms with van der Waals surface area (Å²) in [7, 11) is 0. The number of carbonyl (C=O) groups excluding carboxylic acids is 1. The molecule has 0 radical (unpaired) electrons. The Hall–Kier alpha value is -4.27. The molecule has 9 heteroatoms. The summed E-state index contributed by atoms with van der Waals surface area (Å²) in [6.45, 7) is 9.53. The van der Waals surface area contributed by atoms with Crippen molar-refractivity contribution in [3.05, 3.63) is 70.9 Å². The molecule has 0 fully saturated rings. The van der Waals surface area contributed by atoms with Crippen molar-refractivity contribution < 1.29 is 14.6 Å². The van der Waals surface area contributed by atoms with Gasteiger partial charge in [-0.3, -0.25) is 0 Å². The maximum absolute atomic E-state index is 12.5. The van der Waals surface area contributed by atoms with E-state index >= 15 is 0 Å². The molecule has 0 aliphatic carbocycles. The first-order valence-electron chi connectivity index (χ1n) is 10.9. The molecule has 178 valence electrons. The van der Waals surface area contributed by atoms with E-state index in [-0.39, 0.29) is 35.7 Å². The van der Waals surface area contributed by atoms with E-state index in [2.05, 4.69) is 20.0 Å². The van der Waals surface area contributed by atoms with Crippen LogP contribution in [0, 0.1) is 13.8 Å². The lowest BCUT2D eigenvalue weighted by Crippen LogP contribution is -2.27. The van der Waals surface area contributed by atoms with Gasteiger partial charge in [-0.2, -0.15) is 9.98 Å². The second-order valence-electron chi connectivity index (χ2n) is 6.91. The van der Waals surface area contributed by atoms with Crippen molar-refractivity contribution >= 4 is 40.4 Å². The molecule has 0 bridgehead atoms. The molecule has 0 saturated carbocycles. The highest BCUT2D eigenvalue weighted by molar-refractivity contribution is 6.24. The number of hydrogen-bond donors (Lipinski definition) is 3. The first-order valence-corrected chi connectivity index (χ1v) is 10.9. The Morgan fingerprint density at radius 2 is 1.74 bits per heavy atom. The highest BCUT2D eigenvalue weighted by atomic mass is 16.5. The second kappa shape index (κ2) is 12.1. The number of hydrogen-bond acceptors (Lipinski definition) is 6. The summed E-state index contributed by atoms with van der Waals surface area (Å²) < 4.78 is 5.02. The minimum Gasteiger partial charge on any atom is -0.506 e. The number of nitrogens with zero attached hydrogens (tertiary/aromatic N) is 4. The molecule has 0 aliphatic heterocycles. The van der Waals surface area contributed by atoms with Crippen LogP contribution < -0.4 is 11.5 Å². The largest absolute Gasteiger partial charge is 0.506 e. The van der Waals surface area contributed by atoms with Gasteiger partial charge in [0.2, 0.25) is 5.96 Å². The van der Waals surface area contributed by atoms with E-state index in [4.69, 9.17) is 16.2 Å². The van der Waals surface area contributed by atoms with Gasteiger partial charge in [0, 0.05) is 10.9 Å². The van der Waals surface area contributed by atoms with Crippen LogP contribution in [0.1, 0.15) is 37.6 Å². The van der Waals surface area contributed by atoms with Gasteiger partial charge in [0.05, 0.1) is 17.8 Å². The number of aryl methyl sites for hydroxylation is 2. The Balaban J connectivity index is 0.00000199. The molecule has 9 nitrogen and oxygen atoms in total. The van der Waals surface area contributed by atoms with Crippen molar-refractivity contribution in [1.29, 1.82) is 0 Å². The summed E-state index contributed by atoms with van der Waals surface area (Å²) in [6.07, 6.45) is 0. The Labute approximate surface area is 198 Å². The van der Waals surface area contributed by atoms with Crippen LogP contribution >= 0.6 is 0 Å². The SMILES string of the molecule is CC.CCOC(=O)C(/C(N)=N/C(N)=N/c1nc(C)c2ccc(C)cc2n1)=C(\O)c1ccccc1. The number of benzene rings is 2. The number of aliphatic imine (C=N–C) groups is 2. The summed E-state index contributed by atoms with van der Waals surface area (Å²) in [4.78, 5) is 29.3. The third-order valence-corrected chi connectivity index (χ3v) is 4.50. The number of guanidine groups is 1. The van der Waals surface area contributed by atoms with E-state index in [9.17, 15) is 9.90 Å². The number of aliphatic hydroxyl groups excluding tert-OH is 1.